The zero-order valence-electron chi connectivity index (χ0n) is 4.85. The van der Waals surface area contributed by atoms with Crippen molar-refractivity contribution in [1.29, 1.82) is 0 Å². The van der Waals surface area contributed by atoms with E-state index in [1.165, 1.54) is 6.92 Å². The molecule has 9 heavy (non-hydrogen) atoms. The summed E-state index contributed by atoms with van der Waals surface area (Å²) in [6.45, 7) is 1.46. The molecule has 1 rings (SSSR count). The number of furan rings is 1. The van der Waals surface area contributed by atoms with Crippen molar-refractivity contribution in [3.8, 4) is 0 Å². The van der Waals surface area contributed by atoms with Crippen LogP contribution < -0.4 is 0 Å². The van der Waals surface area contributed by atoms with Crippen molar-refractivity contribution >= 4 is 6.29 Å². The van der Waals surface area contributed by atoms with E-state index in [1.807, 2.05) is 0 Å². The molecule has 0 spiro atoms. The first kappa shape index (κ1) is 6.01. The molecule has 0 unspecified atom stereocenters. The first-order valence-electron chi connectivity index (χ1n) is 2.45. The third-order valence-corrected chi connectivity index (χ3v) is 0.992. The lowest BCUT2D eigenvalue weighted by Gasteiger charge is -1.77. The Bertz CT molecular complexity index is 207. The normalized spacial score (nSPS) is 9.56. The Morgan fingerprint density at radius 2 is 2.44 bits per heavy atom. The molecule has 1 aromatic rings. The van der Waals surface area contributed by atoms with E-state index in [0.29, 0.717) is 6.29 Å². The summed E-state index contributed by atoms with van der Waals surface area (Å²) in [7, 11) is 0. The quantitative estimate of drug-likeness (QED) is 0.537. The highest BCUT2D eigenvalue weighted by Crippen LogP contribution is 2.09. The number of halogens is 1. The molecule has 0 aliphatic rings. The maximum absolute atomic E-state index is 12.3. The summed E-state index contributed by atoms with van der Waals surface area (Å²) in [6.07, 6.45) is 0.468. The molecule has 1 heterocycles. The van der Waals surface area contributed by atoms with Crippen molar-refractivity contribution in [2.75, 3.05) is 0 Å². The van der Waals surface area contributed by atoms with Crippen LogP contribution in [-0.2, 0) is 0 Å². The summed E-state index contributed by atoms with van der Waals surface area (Å²) in [5.41, 5.74) is 0. The van der Waals surface area contributed by atoms with Crippen LogP contribution in [0.15, 0.2) is 10.5 Å². The molecule has 0 aliphatic carbocycles. The Balaban J connectivity index is 3.11. The first-order chi connectivity index (χ1) is 4.24. The lowest BCUT2D eigenvalue weighted by atomic mass is 10.4. The fourth-order valence-electron chi connectivity index (χ4n) is 0.540. The van der Waals surface area contributed by atoms with E-state index in [2.05, 4.69) is 4.42 Å². The van der Waals surface area contributed by atoms with E-state index in [4.69, 9.17) is 0 Å². The number of aryl methyl sites for hydroxylation is 1. The van der Waals surface area contributed by atoms with Gasteiger partial charge in [0.25, 0.3) is 0 Å². The summed E-state index contributed by atoms with van der Waals surface area (Å²) < 4.78 is 16.9. The number of rotatable bonds is 1. The summed E-state index contributed by atoms with van der Waals surface area (Å²) >= 11 is 0. The number of hydrogen-bond acceptors (Lipinski definition) is 2. The monoisotopic (exact) mass is 128 g/mol. The molecule has 0 bridgehead atoms. The van der Waals surface area contributed by atoms with Gasteiger partial charge in [-0.25, -0.2) is 4.39 Å². The maximum Gasteiger partial charge on any atom is 0.185 e. The van der Waals surface area contributed by atoms with Gasteiger partial charge >= 0.3 is 0 Å². The molecule has 3 heteroatoms. The Morgan fingerprint density at radius 3 is 2.67 bits per heavy atom. The summed E-state index contributed by atoms with van der Waals surface area (Å²) in [5.74, 6) is -0.292. The van der Waals surface area contributed by atoms with Gasteiger partial charge in [-0.2, -0.15) is 0 Å². The van der Waals surface area contributed by atoms with Gasteiger partial charge in [-0.05, 0) is 6.92 Å². The van der Waals surface area contributed by atoms with Gasteiger partial charge in [0.05, 0.1) is 0 Å². The van der Waals surface area contributed by atoms with Gasteiger partial charge in [0, 0.05) is 6.07 Å². The third kappa shape index (κ3) is 0.988. The smallest absolute Gasteiger partial charge is 0.185 e. The number of carbonyl (C=O) groups is 1. The van der Waals surface area contributed by atoms with Crippen molar-refractivity contribution < 1.29 is 13.6 Å². The van der Waals surface area contributed by atoms with Gasteiger partial charge in [0.15, 0.2) is 17.9 Å². The minimum Gasteiger partial charge on any atom is -0.455 e. The molecule has 0 saturated heterocycles. The maximum atomic E-state index is 12.3. The van der Waals surface area contributed by atoms with Crippen LogP contribution >= 0.6 is 0 Å². The highest BCUT2D eigenvalue weighted by molar-refractivity contribution is 5.70. The van der Waals surface area contributed by atoms with E-state index >= 15 is 0 Å². The van der Waals surface area contributed by atoms with Crippen LogP contribution in [0.1, 0.15) is 16.3 Å². The Morgan fingerprint density at radius 1 is 1.78 bits per heavy atom. The molecule has 0 atom stereocenters. The number of carbonyl (C=O) groups excluding carboxylic acids is 1. The molecule has 0 saturated carbocycles. The van der Waals surface area contributed by atoms with Crippen LogP contribution in [0, 0.1) is 12.7 Å². The zero-order chi connectivity index (χ0) is 6.85. The van der Waals surface area contributed by atoms with Gasteiger partial charge in [-0.3, -0.25) is 4.79 Å². The minimum absolute atomic E-state index is 0.0324. The van der Waals surface area contributed by atoms with Gasteiger partial charge < -0.3 is 4.42 Å². The predicted molar refractivity (Wildman–Crippen MR) is 28.8 cm³/mol. The molecule has 0 N–H and O–H groups in total. The van der Waals surface area contributed by atoms with E-state index < -0.39 is 5.82 Å². The molecule has 0 radical (unpaired) electrons. The van der Waals surface area contributed by atoms with Crippen molar-refractivity contribution in [1.82, 2.24) is 0 Å². The Hall–Kier alpha value is -1.12. The van der Waals surface area contributed by atoms with Crippen molar-refractivity contribution in [2.24, 2.45) is 0 Å². The van der Waals surface area contributed by atoms with E-state index in [-0.39, 0.29) is 11.5 Å². The lowest BCUT2D eigenvalue weighted by molar-refractivity contribution is 0.109. The summed E-state index contributed by atoms with van der Waals surface area (Å²) in [5, 5.41) is 0. The van der Waals surface area contributed by atoms with Gasteiger partial charge in [0.1, 0.15) is 5.76 Å². The average Bonchev–Trinajstić information content (AvgIpc) is 2.13. The molecular formula is C6H5FO2. The minimum atomic E-state index is -0.475. The highest BCUT2D eigenvalue weighted by atomic mass is 19.1. The number of aldehydes is 1. The zero-order valence-corrected chi connectivity index (χ0v) is 4.85. The van der Waals surface area contributed by atoms with Gasteiger partial charge in [-0.1, -0.05) is 0 Å². The molecule has 0 fully saturated rings. The van der Waals surface area contributed by atoms with Crippen LogP contribution in [0.5, 0.6) is 0 Å². The van der Waals surface area contributed by atoms with Crippen LogP contribution in [0.25, 0.3) is 0 Å². The Labute approximate surface area is 51.3 Å². The van der Waals surface area contributed by atoms with Gasteiger partial charge in [-0.15, -0.1) is 0 Å². The van der Waals surface area contributed by atoms with Crippen molar-refractivity contribution in [3.63, 3.8) is 0 Å². The van der Waals surface area contributed by atoms with Crippen LogP contribution in [0.4, 0.5) is 4.39 Å². The second-order valence-corrected chi connectivity index (χ2v) is 1.67. The molecule has 0 amide bonds. The van der Waals surface area contributed by atoms with Crippen LogP contribution in [0.3, 0.4) is 0 Å². The first-order valence-corrected chi connectivity index (χ1v) is 2.45. The molecule has 48 valence electrons. The van der Waals surface area contributed by atoms with Crippen molar-refractivity contribution in [3.05, 3.63) is 23.4 Å². The fourth-order valence-corrected chi connectivity index (χ4v) is 0.540. The largest absolute Gasteiger partial charge is 0.455 e. The average molecular weight is 128 g/mol. The number of hydrogen-bond donors (Lipinski definition) is 0. The Kier molecular flexibility index (Phi) is 1.34. The molecule has 0 aliphatic heterocycles. The highest BCUT2D eigenvalue weighted by Gasteiger charge is 2.03. The second-order valence-electron chi connectivity index (χ2n) is 1.67. The van der Waals surface area contributed by atoms with Gasteiger partial charge in [0.2, 0.25) is 0 Å². The second kappa shape index (κ2) is 2.01. The van der Waals surface area contributed by atoms with E-state index in [0.717, 1.165) is 6.07 Å². The van der Waals surface area contributed by atoms with Crippen molar-refractivity contribution in [2.45, 2.75) is 6.92 Å². The van der Waals surface area contributed by atoms with E-state index in [1.54, 1.807) is 0 Å². The standard InChI is InChI=1S/C6H5FO2/c1-4-6(7)2-5(3-8)9-4/h2-3H,1H3. The van der Waals surface area contributed by atoms with E-state index in [9.17, 15) is 9.18 Å². The third-order valence-electron chi connectivity index (χ3n) is 0.992. The summed E-state index contributed by atoms with van der Waals surface area (Å²) in [6, 6.07) is 1.06. The predicted octanol–water partition coefficient (Wildman–Crippen LogP) is 1.54. The van der Waals surface area contributed by atoms with Crippen LogP contribution in [0.2, 0.25) is 0 Å². The summed E-state index contributed by atoms with van der Waals surface area (Å²) in [4.78, 5) is 9.91. The topological polar surface area (TPSA) is 30.2 Å². The molecule has 2 nitrogen and oxygen atoms in total. The van der Waals surface area contributed by atoms with Crippen LogP contribution in [-0.4, -0.2) is 6.29 Å². The fraction of sp³-hybridized carbons (Fsp3) is 0.167. The molecular weight excluding hydrogens is 123 g/mol. The SMILES string of the molecule is Cc1oc(C=O)cc1F. The molecule has 0 aromatic carbocycles. The molecule has 1 aromatic heterocycles. The lowest BCUT2D eigenvalue weighted by Crippen LogP contribution is -1.66.